The van der Waals surface area contributed by atoms with Gasteiger partial charge in [0, 0.05) is 30.0 Å². The van der Waals surface area contributed by atoms with Crippen molar-refractivity contribution in [1.82, 2.24) is 24.6 Å². The molecule has 1 fully saturated rings. The summed E-state index contributed by atoms with van der Waals surface area (Å²) < 4.78 is 32.8. The molecule has 0 amide bonds. The molecule has 0 saturated carbocycles. The van der Waals surface area contributed by atoms with Crippen LogP contribution in [-0.4, -0.2) is 46.2 Å². The fourth-order valence-corrected chi connectivity index (χ4v) is 6.09. The summed E-state index contributed by atoms with van der Waals surface area (Å²) in [5.74, 6) is 1.64. The highest BCUT2D eigenvalue weighted by Gasteiger charge is 2.33. The number of sulfonamides is 1. The fourth-order valence-electron chi connectivity index (χ4n) is 3.11. The smallest absolute Gasteiger partial charge is 0.244 e. The van der Waals surface area contributed by atoms with Crippen molar-refractivity contribution >= 4 is 21.4 Å². The molecule has 0 unspecified atom stereocenters. The Kier molecular flexibility index (Phi) is 4.18. The number of hydrogen-bond donors (Lipinski definition) is 1. The molecule has 10 heteroatoms. The predicted octanol–water partition coefficient (Wildman–Crippen LogP) is 2.40. The van der Waals surface area contributed by atoms with E-state index in [-0.39, 0.29) is 5.92 Å². The Hall–Kier alpha value is -2.04. The summed E-state index contributed by atoms with van der Waals surface area (Å²) in [6.07, 6.45) is 4.49. The maximum Gasteiger partial charge on any atom is 0.244 e. The van der Waals surface area contributed by atoms with E-state index in [2.05, 4.69) is 20.3 Å². The van der Waals surface area contributed by atoms with E-state index in [0.29, 0.717) is 23.7 Å². The normalized spacial score (nSPS) is 17.2. The molecule has 3 aromatic rings. The van der Waals surface area contributed by atoms with Crippen LogP contribution in [0.1, 0.15) is 29.5 Å². The molecule has 0 aromatic carbocycles. The van der Waals surface area contributed by atoms with E-state index in [1.807, 2.05) is 6.92 Å². The van der Waals surface area contributed by atoms with E-state index in [1.54, 1.807) is 22.6 Å². The standard InChI is InChI=1S/C15H17N5O3S2/c1-10-14(8-13(24-10)12-2-5-18-23-12)25(21,22)20-6-3-11(4-7-20)15-16-9-17-19-15/h2,5,8-9,11H,3-4,6-7H2,1H3,(H,16,17,19). The van der Waals surface area contributed by atoms with Gasteiger partial charge in [-0.15, -0.1) is 11.3 Å². The average Bonchev–Trinajstić information content (AvgIpc) is 3.36. The number of aromatic nitrogens is 4. The van der Waals surface area contributed by atoms with Crippen LogP contribution < -0.4 is 0 Å². The number of aryl methyl sites for hydroxylation is 1. The third kappa shape index (κ3) is 3.00. The monoisotopic (exact) mass is 379 g/mol. The van der Waals surface area contributed by atoms with Gasteiger partial charge in [-0.05, 0) is 25.8 Å². The van der Waals surface area contributed by atoms with E-state index < -0.39 is 10.0 Å². The summed E-state index contributed by atoms with van der Waals surface area (Å²) in [6, 6.07) is 3.41. The highest BCUT2D eigenvalue weighted by molar-refractivity contribution is 7.89. The summed E-state index contributed by atoms with van der Waals surface area (Å²) in [5, 5.41) is 10.4. The SMILES string of the molecule is Cc1sc(-c2ccno2)cc1S(=O)(=O)N1CCC(c2ncn[nH]2)CC1. The van der Waals surface area contributed by atoms with E-state index in [4.69, 9.17) is 4.52 Å². The van der Waals surface area contributed by atoms with Crippen molar-refractivity contribution < 1.29 is 12.9 Å². The minimum atomic E-state index is -3.52. The number of thiophene rings is 1. The molecular formula is C15H17N5O3S2. The fraction of sp³-hybridized carbons (Fsp3) is 0.400. The molecule has 1 N–H and O–H groups in total. The summed E-state index contributed by atoms with van der Waals surface area (Å²) >= 11 is 1.40. The summed E-state index contributed by atoms with van der Waals surface area (Å²) in [4.78, 5) is 6.05. The maximum atomic E-state index is 13.0. The third-order valence-corrected chi connectivity index (χ3v) is 7.66. The number of nitrogens with one attached hydrogen (secondary N) is 1. The first-order valence-electron chi connectivity index (χ1n) is 7.92. The Morgan fingerprint density at radius 2 is 2.16 bits per heavy atom. The first-order valence-corrected chi connectivity index (χ1v) is 10.2. The van der Waals surface area contributed by atoms with Gasteiger partial charge < -0.3 is 4.52 Å². The Labute approximate surface area is 148 Å². The second-order valence-corrected chi connectivity index (χ2v) is 9.12. The van der Waals surface area contributed by atoms with E-state index in [0.717, 1.165) is 28.4 Å². The Morgan fingerprint density at radius 1 is 1.36 bits per heavy atom. The molecule has 0 radical (unpaired) electrons. The summed E-state index contributed by atoms with van der Waals surface area (Å²) in [7, 11) is -3.52. The molecule has 1 saturated heterocycles. The Morgan fingerprint density at radius 3 is 2.80 bits per heavy atom. The van der Waals surface area contributed by atoms with Gasteiger partial charge in [-0.25, -0.2) is 13.4 Å². The van der Waals surface area contributed by atoms with Gasteiger partial charge in [0.15, 0.2) is 5.76 Å². The molecule has 0 bridgehead atoms. The number of H-pyrrole nitrogens is 1. The van der Waals surface area contributed by atoms with Crippen molar-refractivity contribution in [3.63, 3.8) is 0 Å². The number of hydrogen-bond acceptors (Lipinski definition) is 7. The molecule has 0 atom stereocenters. The highest BCUT2D eigenvalue weighted by atomic mass is 32.2. The van der Waals surface area contributed by atoms with Crippen LogP contribution >= 0.6 is 11.3 Å². The van der Waals surface area contributed by atoms with Crippen molar-refractivity contribution in [2.45, 2.75) is 30.6 Å². The zero-order valence-corrected chi connectivity index (χ0v) is 15.2. The molecule has 1 aliphatic heterocycles. The zero-order valence-electron chi connectivity index (χ0n) is 13.5. The van der Waals surface area contributed by atoms with Crippen LogP contribution in [-0.2, 0) is 10.0 Å². The van der Waals surface area contributed by atoms with Crippen molar-refractivity contribution in [2.75, 3.05) is 13.1 Å². The Bertz CT molecular complexity index is 940. The molecule has 0 aliphatic carbocycles. The van der Waals surface area contributed by atoms with E-state index in [9.17, 15) is 8.42 Å². The molecule has 3 aromatic heterocycles. The first kappa shape index (κ1) is 16.4. The van der Waals surface area contributed by atoms with Gasteiger partial charge in [-0.3, -0.25) is 5.10 Å². The van der Waals surface area contributed by atoms with Gasteiger partial charge in [-0.2, -0.15) is 9.40 Å². The van der Waals surface area contributed by atoms with Gasteiger partial charge in [0.25, 0.3) is 0 Å². The van der Waals surface area contributed by atoms with Crippen LogP contribution in [0.15, 0.2) is 34.1 Å². The van der Waals surface area contributed by atoms with Gasteiger partial charge in [0.05, 0.1) is 16.0 Å². The minimum absolute atomic E-state index is 0.224. The van der Waals surface area contributed by atoms with E-state index in [1.165, 1.54) is 17.7 Å². The molecule has 25 heavy (non-hydrogen) atoms. The van der Waals surface area contributed by atoms with E-state index >= 15 is 0 Å². The second kappa shape index (κ2) is 6.36. The average molecular weight is 379 g/mol. The largest absolute Gasteiger partial charge is 0.355 e. The molecule has 1 aliphatic rings. The quantitative estimate of drug-likeness (QED) is 0.746. The van der Waals surface area contributed by atoms with Crippen LogP contribution in [0, 0.1) is 6.92 Å². The number of aromatic amines is 1. The third-order valence-electron chi connectivity index (χ3n) is 4.45. The topological polar surface area (TPSA) is 105 Å². The molecule has 4 rings (SSSR count). The number of piperidine rings is 1. The van der Waals surface area contributed by atoms with Crippen LogP contribution in [0.25, 0.3) is 10.6 Å². The lowest BCUT2D eigenvalue weighted by atomic mass is 9.98. The maximum absolute atomic E-state index is 13.0. The van der Waals surface area contributed by atoms with Gasteiger partial charge >= 0.3 is 0 Å². The summed E-state index contributed by atoms with van der Waals surface area (Å²) in [5.41, 5.74) is 0. The van der Waals surface area contributed by atoms with Crippen molar-refractivity contribution in [3.8, 4) is 10.6 Å². The predicted molar refractivity (Wildman–Crippen MR) is 91.7 cm³/mol. The van der Waals surface area contributed by atoms with Gasteiger partial charge in [-0.1, -0.05) is 5.16 Å². The van der Waals surface area contributed by atoms with Crippen molar-refractivity contribution in [2.24, 2.45) is 0 Å². The summed E-state index contributed by atoms with van der Waals surface area (Å²) in [6.45, 7) is 2.76. The molecule has 132 valence electrons. The molecular weight excluding hydrogens is 362 g/mol. The zero-order chi connectivity index (χ0) is 17.4. The van der Waals surface area contributed by atoms with Crippen LogP contribution in [0.5, 0.6) is 0 Å². The number of rotatable bonds is 4. The van der Waals surface area contributed by atoms with Crippen LogP contribution in [0.4, 0.5) is 0 Å². The first-order chi connectivity index (χ1) is 12.1. The van der Waals surface area contributed by atoms with Crippen LogP contribution in [0.3, 0.4) is 0 Å². The van der Waals surface area contributed by atoms with Crippen LogP contribution in [0.2, 0.25) is 0 Å². The lowest BCUT2D eigenvalue weighted by Crippen LogP contribution is -2.38. The van der Waals surface area contributed by atoms with Gasteiger partial charge in [0.2, 0.25) is 10.0 Å². The van der Waals surface area contributed by atoms with Crippen molar-refractivity contribution in [3.05, 3.63) is 35.4 Å². The van der Waals surface area contributed by atoms with Crippen molar-refractivity contribution in [1.29, 1.82) is 0 Å². The Balaban J connectivity index is 1.54. The highest BCUT2D eigenvalue weighted by Crippen LogP contribution is 2.36. The molecule has 8 nitrogen and oxygen atoms in total. The number of nitrogens with zero attached hydrogens (tertiary/aromatic N) is 4. The lowest BCUT2D eigenvalue weighted by molar-refractivity contribution is 0.314. The molecule has 0 spiro atoms. The lowest BCUT2D eigenvalue weighted by Gasteiger charge is -2.30. The molecule has 4 heterocycles. The second-order valence-electron chi connectivity index (χ2n) is 5.96. The minimum Gasteiger partial charge on any atom is -0.355 e. The van der Waals surface area contributed by atoms with Gasteiger partial charge in [0.1, 0.15) is 12.2 Å².